The first kappa shape index (κ1) is 11.5. The van der Waals surface area contributed by atoms with Gasteiger partial charge in [0.05, 0.1) is 0 Å². The van der Waals surface area contributed by atoms with Crippen LogP contribution < -0.4 is 0 Å². The molecule has 9 heavy (non-hydrogen) atoms. The molecule has 0 radical (unpaired) electrons. The first-order valence-corrected chi connectivity index (χ1v) is 4.11. The van der Waals surface area contributed by atoms with E-state index in [2.05, 4.69) is 0 Å². The molecule has 0 aliphatic heterocycles. The Morgan fingerprint density at radius 3 is 1.56 bits per heavy atom. The first-order valence-electron chi connectivity index (χ1n) is 2.69. The molecule has 0 aromatic carbocycles. The molecule has 0 atom stereocenters. The third-order valence-electron chi connectivity index (χ3n) is 0.498. The summed E-state index contributed by atoms with van der Waals surface area (Å²) >= 11 is 1.02. The average molecular weight is 146 g/mol. The summed E-state index contributed by atoms with van der Waals surface area (Å²) in [5.41, 5.74) is 0. The van der Waals surface area contributed by atoms with Crippen LogP contribution in [0.4, 0.5) is 0 Å². The molecule has 0 amide bonds. The maximum absolute atomic E-state index is 9.85. The molecular formula is C5H11AlO3. The normalized spacial score (nSPS) is 6.89. The minimum Gasteiger partial charge on any atom is -0.481 e. The van der Waals surface area contributed by atoms with Crippen molar-refractivity contribution in [2.24, 2.45) is 0 Å². The van der Waals surface area contributed by atoms with Gasteiger partial charge in [0.2, 0.25) is 16.3 Å². The van der Waals surface area contributed by atoms with Crippen molar-refractivity contribution in [1.82, 2.24) is 0 Å². The number of aliphatic carboxylic acids is 1. The fourth-order valence-electron chi connectivity index (χ4n) is 0. The highest BCUT2D eigenvalue weighted by Gasteiger charge is 1.77. The number of carboxylic acid groups (broad SMARTS) is 1. The number of carboxylic acids is 1. The summed E-state index contributed by atoms with van der Waals surface area (Å²) in [4.78, 5) is 18.8. The molecule has 4 heteroatoms. The molecule has 0 rings (SSSR count). The van der Waals surface area contributed by atoms with Gasteiger partial charge in [0.15, 0.2) is 0 Å². The van der Waals surface area contributed by atoms with E-state index >= 15 is 0 Å². The Morgan fingerprint density at radius 1 is 1.44 bits per heavy atom. The van der Waals surface area contributed by atoms with Crippen LogP contribution in [0.3, 0.4) is 0 Å². The molecule has 3 nitrogen and oxygen atoms in total. The van der Waals surface area contributed by atoms with Crippen LogP contribution in [-0.2, 0) is 9.59 Å². The topological polar surface area (TPSA) is 54.4 Å². The zero-order valence-electron chi connectivity index (χ0n) is 5.97. The molecule has 0 heterocycles. The molecule has 0 spiro atoms. The van der Waals surface area contributed by atoms with Crippen LogP contribution in [-0.4, -0.2) is 33.1 Å². The Labute approximate surface area is 62.5 Å². The summed E-state index contributed by atoms with van der Waals surface area (Å²) < 4.78 is 0. The number of rotatable bonds is 1. The molecule has 0 aromatic heterocycles. The lowest BCUT2D eigenvalue weighted by Crippen LogP contribution is -1.83. The predicted octanol–water partition coefficient (Wildman–Crippen LogP) is -0.282. The minimum absolute atomic E-state index is 0.316. The van der Waals surface area contributed by atoms with Gasteiger partial charge in [-0.1, -0.05) is 0 Å². The SMILES string of the molecule is CC(=O)O.CC(=O)[CH2][AlH2]. The summed E-state index contributed by atoms with van der Waals surface area (Å²) in [5, 5.41) is 8.22. The second-order valence-corrected chi connectivity index (χ2v) is 2.28. The van der Waals surface area contributed by atoms with Crippen LogP contribution in [0.2, 0.25) is 5.28 Å². The van der Waals surface area contributed by atoms with Crippen molar-refractivity contribution in [1.29, 1.82) is 0 Å². The highest BCUT2D eigenvalue weighted by Crippen LogP contribution is 1.68. The van der Waals surface area contributed by atoms with Crippen LogP contribution in [0.5, 0.6) is 0 Å². The maximum Gasteiger partial charge on any atom is 0.300 e. The third-order valence-corrected chi connectivity index (χ3v) is 1.49. The van der Waals surface area contributed by atoms with E-state index in [1.165, 1.54) is 0 Å². The summed E-state index contributed by atoms with van der Waals surface area (Å²) in [6.45, 7) is 2.70. The van der Waals surface area contributed by atoms with E-state index in [0.29, 0.717) is 5.78 Å². The minimum atomic E-state index is -0.833. The molecule has 0 bridgehead atoms. The van der Waals surface area contributed by atoms with Crippen LogP contribution in [0, 0.1) is 0 Å². The van der Waals surface area contributed by atoms with Crippen molar-refractivity contribution >= 4 is 28.0 Å². The fraction of sp³-hybridized carbons (Fsp3) is 0.600. The highest BCUT2D eigenvalue weighted by atomic mass is 27.0. The Kier molecular flexibility index (Phi) is 9.78. The highest BCUT2D eigenvalue weighted by molar-refractivity contribution is 6.19. The van der Waals surface area contributed by atoms with E-state index in [4.69, 9.17) is 9.90 Å². The lowest BCUT2D eigenvalue weighted by Gasteiger charge is -1.70. The zero-order valence-corrected chi connectivity index (χ0v) is 7.97. The van der Waals surface area contributed by atoms with E-state index < -0.39 is 5.97 Å². The van der Waals surface area contributed by atoms with Gasteiger partial charge in [0.25, 0.3) is 5.97 Å². The van der Waals surface area contributed by atoms with E-state index in [1.54, 1.807) is 6.92 Å². The number of carbonyl (C=O) groups is 2. The van der Waals surface area contributed by atoms with Crippen molar-refractivity contribution in [3.63, 3.8) is 0 Å². The van der Waals surface area contributed by atoms with Gasteiger partial charge in [-0.25, -0.2) is 0 Å². The molecule has 0 saturated carbocycles. The molecular weight excluding hydrogens is 135 g/mol. The van der Waals surface area contributed by atoms with Crippen molar-refractivity contribution < 1.29 is 14.7 Å². The predicted molar refractivity (Wildman–Crippen MR) is 37.3 cm³/mol. The Hall–Kier alpha value is -0.328. The van der Waals surface area contributed by atoms with Gasteiger partial charge in [-0.3, -0.25) is 4.79 Å². The molecule has 0 aromatic rings. The van der Waals surface area contributed by atoms with E-state index in [0.717, 1.165) is 28.5 Å². The Morgan fingerprint density at radius 2 is 1.56 bits per heavy atom. The average Bonchev–Trinajstić information content (AvgIpc) is 1.65. The Balaban J connectivity index is 0. The monoisotopic (exact) mass is 146 g/mol. The summed E-state index contributed by atoms with van der Waals surface area (Å²) in [6, 6.07) is 0. The molecule has 0 fully saturated rings. The molecule has 52 valence electrons. The third kappa shape index (κ3) is 88.3. The number of Topliss-reactive ketones (excluding diaryl/α,β-unsaturated/α-hetero) is 1. The molecule has 0 saturated heterocycles. The van der Waals surface area contributed by atoms with Crippen molar-refractivity contribution in [2.45, 2.75) is 19.1 Å². The van der Waals surface area contributed by atoms with Gasteiger partial charge in [-0.15, -0.1) is 0 Å². The van der Waals surface area contributed by atoms with E-state index in [1.807, 2.05) is 0 Å². The summed E-state index contributed by atoms with van der Waals surface area (Å²) in [5.74, 6) is -0.517. The van der Waals surface area contributed by atoms with Crippen LogP contribution in [0.15, 0.2) is 0 Å². The number of ketones is 1. The standard InChI is InChI=1S/C3H5O.C2H4O2.Al.2H/c1-3(2)4;1-2(3)4;;;/h1H2,2H3;1H3,(H,3,4);;;. The van der Waals surface area contributed by atoms with Crippen molar-refractivity contribution in [3.05, 3.63) is 0 Å². The smallest absolute Gasteiger partial charge is 0.300 e. The van der Waals surface area contributed by atoms with Gasteiger partial charge in [-0.05, 0) is 12.2 Å². The number of hydrogen-bond acceptors (Lipinski definition) is 2. The van der Waals surface area contributed by atoms with Gasteiger partial charge in [-0.2, -0.15) is 0 Å². The van der Waals surface area contributed by atoms with Crippen molar-refractivity contribution in [3.8, 4) is 0 Å². The molecule has 0 aliphatic rings. The van der Waals surface area contributed by atoms with Gasteiger partial charge in [0, 0.05) is 6.92 Å². The number of hydrogen-bond donors (Lipinski definition) is 1. The second-order valence-electron chi connectivity index (χ2n) is 1.57. The Bertz CT molecular complexity index is 96.4. The molecule has 0 unspecified atom stereocenters. The fourth-order valence-corrected chi connectivity index (χ4v) is 0. The van der Waals surface area contributed by atoms with E-state index in [-0.39, 0.29) is 0 Å². The largest absolute Gasteiger partial charge is 0.481 e. The molecule has 1 N–H and O–H groups in total. The van der Waals surface area contributed by atoms with Crippen LogP contribution in [0.25, 0.3) is 0 Å². The van der Waals surface area contributed by atoms with Gasteiger partial charge >= 0.3 is 0 Å². The summed E-state index contributed by atoms with van der Waals surface area (Å²) in [6.07, 6.45) is 0. The second kappa shape index (κ2) is 7.67. The van der Waals surface area contributed by atoms with Gasteiger partial charge in [0.1, 0.15) is 5.78 Å². The lowest BCUT2D eigenvalue weighted by atomic mass is 10.5. The van der Waals surface area contributed by atoms with Gasteiger partial charge < -0.3 is 9.90 Å². The zero-order chi connectivity index (χ0) is 7.86. The van der Waals surface area contributed by atoms with Crippen LogP contribution >= 0.6 is 0 Å². The maximum atomic E-state index is 9.85. The summed E-state index contributed by atoms with van der Waals surface area (Å²) in [7, 11) is 0. The lowest BCUT2D eigenvalue weighted by molar-refractivity contribution is -0.134. The van der Waals surface area contributed by atoms with Crippen LogP contribution in [0.1, 0.15) is 13.8 Å². The van der Waals surface area contributed by atoms with Crippen molar-refractivity contribution in [2.75, 3.05) is 0 Å². The van der Waals surface area contributed by atoms with E-state index in [9.17, 15) is 4.79 Å². The first-order chi connectivity index (χ1) is 4.00. The molecule has 0 aliphatic carbocycles. The quantitative estimate of drug-likeness (QED) is 0.517. The number of carbonyl (C=O) groups excluding carboxylic acids is 1.